The van der Waals surface area contributed by atoms with E-state index in [0.29, 0.717) is 52.5 Å². The summed E-state index contributed by atoms with van der Waals surface area (Å²) in [4.78, 5) is 38.7. The number of nitrogens with one attached hydrogen (secondary N) is 1. The number of benzene rings is 2. The van der Waals surface area contributed by atoms with Gasteiger partial charge in [0.2, 0.25) is 0 Å². The highest BCUT2D eigenvalue weighted by atomic mass is 35.5. The minimum absolute atomic E-state index is 0.0913. The van der Waals surface area contributed by atoms with Crippen LogP contribution in [0, 0.1) is 11.3 Å². The van der Waals surface area contributed by atoms with Crippen molar-refractivity contribution in [2.75, 3.05) is 5.32 Å². The molecule has 2 aromatic carbocycles. The number of pyridine rings is 1. The van der Waals surface area contributed by atoms with E-state index in [1.54, 1.807) is 48.5 Å². The summed E-state index contributed by atoms with van der Waals surface area (Å²) in [7, 11) is 0. The number of amides is 1. The number of fused-ring (bicyclic) bond motifs is 1. The Morgan fingerprint density at radius 1 is 1.03 bits per heavy atom. The number of carbonyl (C=O) groups excluding carboxylic acids is 2. The molecule has 1 amide bonds. The fourth-order valence-electron chi connectivity index (χ4n) is 3.54. The summed E-state index contributed by atoms with van der Waals surface area (Å²) in [6.45, 7) is 0. The summed E-state index contributed by atoms with van der Waals surface area (Å²) in [6, 6.07) is 16.4. The molecule has 0 unspecified atom stereocenters. The van der Waals surface area contributed by atoms with Crippen molar-refractivity contribution in [2.24, 2.45) is 0 Å². The molecule has 0 radical (unpaired) electrons. The fraction of sp³-hybridized carbons (Fsp3) is 0.130. The lowest BCUT2D eigenvalue weighted by Gasteiger charge is -2.21. The number of nitriles is 1. The molecule has 7 heteroatoms. The van der Waals surface area contributed by atoms with E-state index in [1.165, 1.54) is 10.6 Å². The van der Waals surface area contributed by atoms with Crippen molar-refractivity contribution in [1.29, 1.82) is 5.26 Å². The van der Waals surface area contributed by atoms with Crippen molar-refractivity contribution in [2.45, 2.75) is 19.3 Å². The zero-order chi connectivity index (χ0) is 21.3. The van der Waals surface area contributed by atoms with Crippen molar-refractivity contribution in [3.63, 3.8) is 0 Å². The van der Waals surface area contributed by atoms with Crippen LogP contribution in [-0.4, -0.2) is 16.3 Å². The molecule has 0 saturated carbocycles. The highest BCUT2D eigenvalue weighted by Crippen LogP contribution is 2.24. The van der Waals surface area contributed by atoms with E-state index in [9.17, 15) is 14.4 Å². The van der Waals surface area contributed by atoms with Crippen LogP contribution in [0.4, 0.5) is 5.69 Å². The third-order valence-electron chi connectivity index (χ3n) is 5.02. The first kappa shape index (κ1) is 19.6. The van der Waals surface area contributed by atoms with Gasteiger partial charge in [0.15, 0.2) is 5.78 Å². The maximum atomic E-state index is 13.3. The molecule has 0 saturated heterocycles. The first-order valence-electron chi connectivity index (χ1n) is 9.37. The molecule has 6 nitrogen and oxygen atoms in total. The van der Waals surface area contributed by atoms with E-state index in [0.717, 1.165) is 0 Å². The van der Waals surface area contributed by atoms with Crippen LogP contribution in [0.5, 0.6) is 0 Å². The van der Waals surface area contributed by atoms with Gasteiger partial charge in [0.1, 0.15) is 5.56 Å². The van der Waals surface area contributed by atoms with E-state index < -0.39 is 11.5 Å². The van der Waals surface area contributed by atoms with Gasteiger partial charge in [-0.05, 0) is 67.4 Å². The Morgan fingerprint density at radius 2 is 1.73 bits per heavy atom. The maximum Gasteiger partial charge on any atom is 0.268 e. The smallest absolute Gasteiger partial charge is 0.268 e. The van der Waals surface area contributed by atoms with E-state index in [-0.39, 0.29) is 11.3 Å². The predicted molar refractivity (Wildman–Crippen MR) is 113 cm³/mol. The number of aromatic nitrogens is 1. The summed E-state index contributed by atoms with van der Waals surface area (Å²) in [5.41, 5.74) is 1.82. The number of carbonyl (C=O) groups is 2. The summed E-state index contributed by atoms with van der Waals surface area (Å²) >= 11 is 5.97. The molecule has 0 aliphatic heterocycles. The molecule has 1 heterocycles. The number of hydrogen-bond acceptors (Lipinski definition) is 4. The van der Waals surface area contributed by atoms with Crippen LogP contribution in [0.3, 0.4) is 0 Å². The molecule has 3 aromatic rings. The summed E-state index contributed by atoms with van der Waals surface area (Å²) in [6.07, 6.45) is 1.59. The van der Waals surface area contributed by atoms with Crippen LogP contribution in [0.2, 0.25) is 5.02 Å². The normalized spacial score (nSPS) is 12.7. The van der Waals surface area contributed by atoms with Crippen molar-refractivity contribution in [1.82, 2.24) is 4.57 Å². The molecular formula is C23H16ClN3O3. The molecule has 1 aliphatic carbocycles. The zero-order valence-corrected chi connectivity index (χ0v) is 16.6. The van der Waals surface area contributed by atoms with Crippen molar-refractivity contribution < 1.29 is 9.59 Å². The number of hydrogen-bond donors (Lipinski definition) is 1. The van der Waals surface area contributed by atoms with Gasteiger partial charge in [-0.2, -0.15) is 5.26 Å². The fourth-order valence-corrected chi connectivity index (χ4v) is 3.67. The molecule has 0 atom stereocenters. The molecule has 0 fully saturated rings. The second-order valence-corrected chi connectivity index (χ2v) is 7.39. The van der Waals surface area contributed by atoms with Crippen LogP contribution in [0.15, 0.2) is 59.4 Å². The zero-order valence-electron chi connectivity index (χ0n) is 15.8. The Labute approximate surface area is 177 Å². The van der Waals surface area contributed by atoms with Crippen LogP contribution >= 0.6 is 11.6 Å². The SMILES string of the molecule is N#Cc1ccc(NC(=O)c2cc3c(n(-c4ccc(Cl)cc4)c2=O)CCCC3=O)cc1. The topological polar surface area (TPSA) is 92.0 Å². The average molecular weight is 418 g/mol. The van der Waals surface area contributed by atoms with Gasteiger partial charge < -0.3 is 5.32 Å². The molecular weight excluding hydrogens is 402 g/mol. The Hall–Kier alpha value is -3.69. The maximum absolute atomic E-state index is 13.3. The van der Waals surface area contributed by atoms with E-state index >= 15 is 0 Å². The van der Waals surface area contributed by atoms with Gasteiger partial charge in [0, 0.05) is 34.1 Å². The largest absolute Gasteiger partial charge is 0.322 e. The lowest BCUT2D eigenvalue weighted by atomic mass is 9.92. The van der Waals surface area contributed by atoms with Crippen molar-refractivity contribution in [3.8, 4) is 11.8 Å². The summed E-state index contributed by atoms with van der Waals surface area (Å²) < 4.78 is 1.43. The Morgan fingerprint density at radius 3 is 2.40 bits per heavy atom. The standard InChI is InChI=1S/C23H16ClN3O3/c24-15-6-10-17(11-7-15)27-20-2-1-3-21(28)18(20)12-19(23(27)30)22(29)26-16-8-4-14(13-25)5-9-16/h4-12H,1-3H2,(H,26,29). The minimum atomic E-state index is -0.617. The molecule has 0 bridgehead atoms. The van der Waals surface area contributed by atoms with Gasteiger partial charge in [0.05, 0.1) is 11.6 Å². The third kappa shape index (κ3) is 3.63. The minimum Gasteiger partial charge on any atom is -0.322 e. The molecule has 1 aromatic heterocycles. The van der Waals surface area contributed by atoms with E-state index in [4.69, 9.17) is 16.9 Å². The monoisotopic (exact) mass is 417 g/mol. The van der Waals surface area contributed by atoms with Gasteiger partial charge in [-0.15, -0.1) is 0 Å². The lowest BCUT2D eigenvalue weighted by Crippen LogP contribution is -2.33. The number of halogens is 1. The van der Waals surface area contributed by atoms with Gasteiger partial charge in [-0.3, -0.25) is 19.0 Å². The first-order valence-corrected chi connectivity index (χ1v) is 9.75. The molecule has 0 spiro atoms. The summed E-state index contributed by atoms with van der Waals surface area (Å²) in [5.74, 6) is -0.708. The first-order chi connectivity index (χ1) is 14.5. The lowest BCUT2D eigenvalue weighted by molar-refractivity contribution is 0.0971. The van der Waals surface area contributed by atoms with Crippen LogP contribution in [0.25, 0.3) is 5.69 Å². The van der Waals surface area contributed by atoms with Crippen LogP contribution < -0.4 is 10.9 Å². The second-order valence-electron chi connectivity index (χ2n) is 6.96. The molecule has 1 N–H and O–H groups in total. The predicted octanol–water partition coefficient (Wildman–Crippen LogP) is 4.13. The van der Waals surface area contributed by atoms with Crippen molar-refractivity contribution >= 4 is 29.0 Å². The van der Waals surface area contributed by atoms with Gasteiger partial charge >= 0.3 is 0 Å². The Bertz CT molecular complexity index is 1250. The second kappa shape index (κ2) is 7.97. The number of ketones is 1. The van der Waals surface area contributed by atoms with E-state index in [1.807, 2.05) is 6.07 Å². The Kier molecular flexibility index (Phi) is 5.21. The number of Topliss-reactive ketones (excluding diaryl/α,β-unsaturated/α-hetero) is 1. The Balaban J connectivity index is 1.82. The number of rotatable bonds is 3. The molecule has 30 heavy (non-hydrogen) atoms. The van der Waals surface area contributed by atoms with Crippen LogP contribution in [0.1, 0.15) is 44.8 Å². The highest BCUT2D eigenvalue weighted by molar-refractivity contribution is 6.30. The molecule has 1 aliphatic rings. The number of anilines is 1. The number of nitrogens with zero attached hydrogens (tertiary/aromatic N) is 2. The third-order valence-corrected chi connectivity index (χ3v) is 5.27. The van der Waals surface area contributed by atoms with Crippen LogP contribution in [-0.2, 0) is 6.42 Å². The van der Waals surface area contributed by atoms with Crippen molar-refractivity contribution in [3.05, 3.63) is 92.4 Å². The van der Waals surface area contributed by atoms with Gasteiger partial charge in [0.25, 0.3) is 11.5 Å². The van der Waals surface area contributed by atoms with Gasteiger partial charge in [-0.1, -0.05) is 11.6 Å². The molecule has 4 rings (SSSR count). The highest BCUT2D eigenvalue weighted by Gasteiger charge is 2.26. The van der Waals surface area contributed by atoms with Gasteiger partial charge in [-0.25, -0.2) is 0 Å². The quantitative estimate of drug-likeness (QED) is 0.693. The average Bonchev–Trinajstić information content (AvgIpc) is 2.75. The molecule has 148 valence electrons. The summed E-state index contributed by atoms with van der Waals surface area (Å²) in [5, 5.41) is 12.1. The van der Waals surface area contributed by atoms with E-state index in [2.05, 4.69) is 5.32 Å².